The second-order valence-corrected chi connectivity index (χ2v) is 8.56. The van der Waals surface area contributed by atoms with Crippen LogP contribution in [-0.2, 0) is 19.1 Å². The molecule has 1 saturated heterocycles. The third-order valence-electron chi connectivity index (χ3n) is 5.00. The van der Waals surface area contributed by atoms with Crippen molar-refractivity contribution in [2.75, 3.05) is 13.2 Å². The summed E-state index contributed by atoms with van der Waals surface area (Å²) in [7, 11) is 0. The monoisotopic (exact) mass is 421 g/mol. The second-order valence-electron chi connectivity index (χ2n) is 8.12. The number of ether oxygens (including phenoxy) is 2. The van der Waals surface area contributed by atoms with E-state index in [0.29, 0.717) is 10.6 Å². The van der Waals surface area contributed by atoms with Gasteiger partial charge in [-0.1, -0.05) is 51.1 Å². The number of aryl methyl sites for hydroxylation is 1. The van der Waals surface area contributed by atoms with Gasteiger partial charge in [0.1, 0.15) is 18.7 Å². The first-order valence-corrected chi connectivity index (χ1v) is 9.94. The molecule has 1 heterocycles. The Morgan fingerprint density at radius 1 is 1.28 bits per heavy atom. The molecule has 1 aliphatic rings. The van der Waals surface area contributed by atoms with Crippen LogP contribution in [0, 0.1) is 18.3 Å². The number of amides is 1. The Labute approximate surface area is 176 Å². The Kier molecular flexibility index (Phi) is 7.11. The van der Waals surface area contributed by atoms with Crippen molar-refractivity contribution in [1.29, 1.82) is 0 Å². The topological polar surface area (TPSA) is 72.9 Å². The van der Waals surface area contributed by atoms with Gasteiger partial charge in [0.05, 0.1) is 12.5 Å². The van der Waals surface area contributed by atoms with Gasteiger partial charge in [0.2, 0.25) is 0 Å². The Balaban J connectivity index is 2.69. The van der Waals surface area contributed by atoms with Crippen molar-refractivity contribution in [3.05, 3.63) is 47.0 Å². The Morgan fingerprint density at radius 3 is 2.48 bits per heavy atom. The molecule has 6 nitrogen and oxygen atoms in total. The number of esters is 1. The van der Waals surface area contributed by atoms with Gasteiger partial charge >= 0.3 is 12.1 Å². The minimum Gasteiger partial charge on any atom is -0.464 e. The van der Waals surface area contributed by atoms with Crippen LogP contribution < -0.4 is 0 Å². The molecule has 0 spiro atoms. The van der Waals surface area contributed by atoms with E-state index in [9.17, 15) is 14.4 Å². The highest BCUT2D eigenvalue weighted by molar-refractivity contribution is 6.30. The van der Waals surface area contributed by atoms with Crippen molar-refractivity contribution in [3.8, 4) is 0 Å². The third-order valence-corrected chi connectivity index (χ3v) is 5.24. The summed E-state index contributed by atoms with van der Waals surface area (Å²) in [4.78, 5) is 40.7. The largest absolute Gasteiger partial charge is 0.464 e. The number of Topliss-reactive ketones (excluding diaryl/α,β-unsaturated/α-hetero) is 1. The van der Waals surface area contributed by atoms with E-state index in [2.05, 4.69) is 6.58 Å². The molecule has 1 aromatic rings. The summed E-state index contributed by atoms with van der Waals surface area (Å²) in [5.41, 5.74) is 0.762. The number of ketones is 1. The zero-order chi connectivity index (χ0) is 21.9. The van der Waals surface area contributed by atoms with Crippen LogP contribution in [0.3, 0.4) is 0 Å². The molecule has 1 fully saturated rings. The molecule has 0 bridgehead atoms. The first-order chi connectivity index (χ1) is 13.5. The molecule has 2 rings (SSSR count). The number of benzene rings is 1. The molecule has 0 saturated carbocycles. The molecule has 1 amide bonds. The average molecular weight is 422 g/mol. The number of hydrogen-bond acceptors (Lipinski definition) is 5. The highest BCUT2D eigenvalue weighted by Crippen LogP contribution is 2.46. The molecule has 0 aliphatic carbocycles. The lowest BCUT2D eigenvalue weighted by atomic mass is 9.74. The normalized spacial score (nSPS) is 21.8. The second kappa shape index (κ2) is 8.99. The van der Waals surface area contributed by atoms with Gasteiger partial charge < -0.3 is 9.47 Å². The van der Waals surface area contributed by atoms with E-state index < -0.39 is 35.5 Å². The van der Waals surface area contributed by atoms with E-state index in [-0.39, 0.29) is 19.0 Å². The fourth-order valence-electron chi connectivity index (χ4n) is 3.79. The number of rotatable bonds is 5. The summed E-state index contributed by atoms with van der Waals surface area (Å²) in [5.74, 6) is -1.63. The number of nitrogens with zero attached hydrogens (tertiary/aromatic N) is 1. The summed E-state index contributed by atoms with van der Waals surface area (Å²) in [6.07, 6.45) is 0.656. The summed E-state index contributed by atoms with van der Waals surface area (Å²) < 4.78 is 10.5. The minimum atomic E-state index is -1.09. The molecule has 0 N–H and O–H groups in total. The third kappa shape index (κ3) is 4.64. The Morgan fingerprint density at radius 2 is 1.93 bits per heavy atom. The SMILES string of the molecule is C=CCOC(=O)N1[C@@H](c2cc(Cl)ccc2C)C(=O)[C@H](C(C)(C)C)[C@H]1C(=O)OCC. The maximum atomic E-state index is 13.6. The fourth-order valence-corrected chi connectivity index (χ4v) is 3.97. The van der Waals surface area contributed by atoms with Crippen LogP contribution in [0.25, 0.3) is 0 Å². The van der Waals surface area contributed by atoms with Crippen molar-refractivity contribution in [3.63, 3.8) is 0 Å². The molecule has 158 valence electrons. The minimum absolute atomic E-state index is 0.0412. The molecule has 29 heavy (non-hydrogen) atoms. The van der Waals surface area contributed by atoms with E-state index >= 15 is 0 Å². The van der Waals surface area contributed by atoms with Crippen LogP contribution in [-0.4, -0.2) is 42.0 Å². The van der Waals surface area contributed by atoms with Crippen LogP contribution in [0.2, 0.25) is 5.02 Å². The van der Waals surface area contributed by atoms with Crippen molar-refractivity contribution >= 4 is 29.4 Å². The molecular formula is C22H28ClNO5. The van der Waals surface area contributed by atoms with E-state index in [1.54, 1.807) is 25.1 Å². The van der Waals surface area contributed by atoms with Crippen molar-refractivity contribution in [2.24, 2.45) is 11.3 Å². The first kappa shape index (κ1) is 22.9. The van der Waals surface area contributed by atoms with Gasteiger partial charge in [-0.25, -0.2) is 9.59 Å². The molecule has 3 atom stereocenters. The van der Waals surface area contributed by atoms with Crippen molar-refractivity contribution in [2.45, 2.75) is 46.7 Å². The summed E-state index contributed by atoms with van der Waals surface area (Å²) >= 11 is 6.18. The number of halogens is 1. The van der Waals surface area contributed by atoms with Gasteiger partial charge in [-0.2, -0.15) is 0 Å². The highest BCUT2D eigenvalue weighted by atomic mass is 35.5. The molecule has 0 aromatic heterocycles. The van der Waals surface area contributed by atoms with Crippen LogP contribution in [0.15, 0.2) is 30.9 Å². The number of likely N-dealkylation sites (tertiary alicyclic amines) is 1. The lowest BCUT2D eigenvalue weighted by Gasteiger charge is -2.32. The maximum absolute atomic E-state index is 13.6. The smallest absolute Gasteiger partial charge is 0.411 e. The van der Waals surface area contributed by atoms with Crippen LogP contribution in [0.5, 0.6) is 0 Å². The Bertz CT molecular complexity index is 814. The molecule has 0 radical (unpaired) electrons. The molecule has 7 heteroatoms. The van der Waals surface area contributed by atoms with Gasteiger partial charge in [0.25, 0.3) is 0 Å². The lowest BCUT2D eigenvalue weighted by Crippen LogP contribution is -2.48. The molecular weight excluding hydrogens is 394 g/mol. The first-order valence-electron chi connectivity index (χ1n) is 9.57. The van der Waals surface area contributed by atoms with Gasteiger partial charge in [-0.05, 0) is 42.5 Å². The predicted molar refractivity (Wildman–Crippen MR) is 111 cm³/mol. The predicted octanol–water partition coefficient (Wildman–Crippen LogP) is 4.49. The number of hydrogen-bond donors (Lipinski definition) is 0. The lowest BCUT2D eigenvalue weighted by molar-refractivity contribution is -0.151. The van der Waals surface area contributed by atoms with Gasteiger partial charge in [0, 0.05) is 5.02 Å². The molecule has 1 aromatic carbocycles. The average Bonchev–Trinajstić information content (AvgIpc) is 2.95. The van der Waals surface area contributed by atoms with E-state index in [1.807, 2.05) is 27.7 Å². The summed E-state index contributed by atoms with van der Waals surface area (Å²) in [6, 6.07) is 3.06. The van der Waals surface area contributed by atoms with Crippen molar-refractivity contribution in [1.82, 2.24) is 4.90 Å². The van der Waals surface area contributed by atoms with Crippen molar-refractivity contribution < 1.29 is 23.9 Å². The van der Waals surface area contributed by atoms with E-state index in [0.717, 1.165) is 5.56 Å². The highest BCUT2D eigenvalue weighted by Gasteiger charge is 2.59. The number of carbonyl (C=O) groups excluding carboxylic acids is 3. The molecule has 0 unspecified atom stereocenters. The Hall–Kier alpha value is -2.34. The quantitative estimate of drug-likeness (QED) is 0.517. The standard InChI is InChI=1S/C22H28ClNO5/c1-7-11-29-21(27)24-17(15-12-14(23)10-9-13(15)3)19(25)16(22(4,5)6)18(24)20(26)28-8-2/h7,9-10,12,16-18H,1,8,11H2,2-6H3/t16-,17+,18+/m1/s1. The van der Waals surface area contributed by atoms with Crippen LogP contribution in [0.1, 0.15) is 44.9 Å². The zero-order valence-electron chi connectivity index (χ0n) is 17.5. The van der Waals surface area contributed by atoms with E-state index in [4.69, 9.17) is 21.1 Å². The summed E-state index contributed by atoms with van der Waals surface area (Å²) in [6.45, 7) is 12.7. The van der Waals surface area contributed by atoms with E-state index in [1.165, 1.54) is 11.0 Å². The number of carbonyl (C=O) groups is 3. The van der Waals surface area contributed by atoms with Crippen LogP contribution >= 0.6 is 11.6 Å². The van der Waals surface area contributed by atoms with Gasteiger partial charge in [-0.15, -0.1) is 0 Å². The maximum Gasteiger partial charge on any atom is 0.411 e. The van der Waals surface area contributed by atoms with Gasteiger partial charge in [0.15, 0.2) is 5.78 Å². The summed E-state index contributed by atoms with van der Waals surface area (Å²) in [5, 5.41) is 0.435. The fraction of sp³-hybridized carbons (Fsp3) is 0.500. The van der Waals surface area contributed by atoms with Crippen LogP contribution in [0.4, 0.5) is 4.79 Å². The van der Waals surface area contributed by atoms with Gasteiger partial charge in [-0.3, -0.25) is 9.69 Å². The molecule has 1 aliphatic heterocycles. The zero-order valence-corrected chi connectivity index (χ0v) is 18.3.